The molecule has 0 aromatic heterocycles. The van der Waals surface area contributed by atoms with E-state index >= 15 is 0 Å². The van der Waals surface area contributed by atoms with Gasteiger partial charge >= 0.3 is 0 Å². The maximum absolute atomic E-state index is 12.0. The Morgan fingerprint density at radius 3 is 2.40 bits per heavy atom. The first-order valence-corrected chi connectivity index (χ1v) is 6.09. The van der Waals surface area contributed by atoms with Gasteiger partial charge in [-0.05, 0) is 25.7 Å². The first kappa shape index (κ1) is 12.5. The Bertz CT molecular complexity index is 222. The lowest BCUT2D eigenvalue weighted by Crippen LogP contribution is -2.54. The van der Waals surface area contributed by atoms with E-state index < -0.39 is 5.54 Å². The molecule has 0 bridgehead atoms. The second kappa shape index (κ2) is 4.97. The minimum absolute atomic E-state index is 0.0489. The molecule has 15 heavy (non-hydrogen) atoms. The molecule has 1 fully saturated rings. The van der Waals surface area contributed by atoms with Gasteiger partial charge in [0, 0.05) is 6.04 Å². The minimum atomic E-state index is -0.582. The summed E-state index contributed by atoms with van der Waals surface area (Å²) in [7, 11) is 0. The SMILES string of the molecule is CCC(C)C(C)NC(=O)C1(N)CCCC1. The van der Waals surface area contributed by atoms with Crippen molar-refractivity contribution in [1.29, 1.82) is 0 Å². The van der Waals surface area contributed by atoms with Gasteiger partial charge < -0.3 is 11.1 Å². The molecule has 3 heteroatoms. The van der Waals surface area contributed by atoms with Crippen LogP contribution in [0.5, 0.6) is 0 Å². The van der Waals surface area contributed by atoms with Crippen LogP contribution in [-0.4, -0.2) is 17.5 Å². The fourth-order valence-corrected chi connectivity index (χ4v) is 2.08. The van der Waals surface area contributed by atoms with Gasteiger partial charge in [-0.3, -0.25) is 4.79 Å². The number of carbonyl (C=O) groups is 1. The van der Waals surface area contributed by atoms with Crippen molar-refractivity contribution in [3.8, 4) is 0 Å². The maximum Gasteiger partial charge on any atom is 0.240 e. The van der Waals surface area contributed by atoms with E-state index in [0.717, 1.165) is 32.1 Å². The van der Waals surface area contributed by atoms with Crippen molar-refractivity contribution in [1.82, 2.24) is 5.32 Å². The third-order valence-electron chi connectivity index (χ3n) is 3.80. The van der Waals surface area contributed by atoms with Crippen LogP contribution in [0.1, 0.15) is 52.9 Å². The van der Waals surface area contributed by atoms with Crippen molar-refractivity contribution < 1.29 is 4.79 Å². The van der Waals surface area contributed by atoms with Gasteiger partial charge in [-0.2, -0.15) is 0 Å². The van der Waals surface area contributed by atoms with E-state index in [-0.39, 0.29) is 11.9 Å². The molecule has 1 rings (SSSR count). The number of carbonyl (C=O) groups excluding carboxylic acids is 1. The summed E-state index contributed by atoms with van der Waals surface area (Å²) < 4.78 is 0. The van der Waals surface area contributed by atoms with Gasteiger partial charge in [0.15, 0.2) is 0 Å². The maximum atomic E-state index is 12.0. The molecule has 1 aliphatic rings. The molecule has 88 valence electrons. The van der Waals surface area contributed by atoms with Crippen LogP contribution in [0, 0.1) is 5.92 Å². The van der Waals surface area contributed by atoms with Crippen molar-refractivity contribution in [2.24, 2.45) is 11.7 Å². The van der Waals surface area contributed by atoms with E-state index in [9.17, 15) is 4.79 Å². The highest BCUT2D eigenvalue weighted by Gasteiger charge is 2.37. The number of hydrogen-bond acceptors (Lipinski definition) is 2. The summed E-state index contributed by atoms with van der Waals surface area (Å²) in [6.45, 7) is 6.36. The molecule has 3 nitrogen and oxygen atoms in total. The predicted octanol–water partition coefficient (Wildman–Crippen LogP) is 1.81. The molecule has 1 aliphatic carbocycles. The molecule has 0 spiro atoms. The minimum Gasteiger partial charge on any atom is -0.352 e. The highest BCUT2D eigenvalue weighted by molar-refractivity contribution is 5.86. The van der Waals surface area contributed by atoms with Gasteiger partial charge in [-0.25, -0.2) is 0 Å². The van der Waals surface area contributed by atoms with Crippen LogP contribution >= 0.6 is 0 Å². The molecule has 0 saturated heterocycles. The number of nitrogens with one attached hydrogen (secondary N) is 1. The van der Waals surface area contributed by atoms with Gasteiger partial charge in [0.1, 0.15) is 0 Å². The van der Waals surface area contributed by atoms with E-state index in [1.807, 2.05) is 0 Å². The summed E-state index contributed by atoms with van der Waals surface area (Å²) >= 11 is 0. The lowest BCUT2D eigenvalue weighted by Gasteiger charge is -2.27. The van der Waals surface area contributed by atoms with E-state index in [0.29, 0.717) is 5.92 Å². The average molecular weight is 212 g/mol. The lowest BCUT2D eigenvalue weighted by atomic mass is 9.95. The first-order valence-electron chi connectivity index (χ1n) is 6.09. The molecule has 0 radical (unpaired) electrons. The number of rotatable bonds is 4. The standard InChI is InChI=1S/C12H24N2O/c1-4-9(2)10(3)14-11(15)12(13)7-5-6-8-12/h9-10H,4-8,13H2,1-3H3,(H,14,15). The molecule has 0 aromatic carbocycles. The average Bonchev–Trinajstić information content (AvgIpc) is 2.65. The van der Waals surface area contributed by atoms with Crippen LogP contribution in [0.2, 0.25) is 0 Å². The molecule has 0 heterocycles. The summed E-state index contributed by atoms with van der Waals surface area (Å²) in [5.74, 6) is 0.562. The van der Waals surface area contributed by atoms with E-state index in [1.165, 1.54) is 0 Å². The number of hydrogen-bond donors (Lipinski definition) is 2. The highest BCUT2D eigenvalue weighted by Crippen LogP contribution is 2.27. The fourth-order valence-electron chi connectivity index (χ4n) is 2.08. The van der Waals surface area contributed by atoms with Gasteiger partial charge in [0.2, 0.25) is 5.91 Å². The second-order valence-electron chi connectivity index (χ2n) is 5.01. The van der Waals surface area contributed by atoms with Crippen molar-refractivity contribution in [3.63, 3.8) is 0 Å². The monoisotopic (exact) mass is 212 g/mol. The zero-order valence-electron chi connectivity index (χ0n) is 10.2. The Hall–Kier alpha value is -0.570. The molecule has 1 saturated carbocycles. The van der Waals surface area contributed by atoms with E-state index in [4.69, 9.17) is 5.73 Å². The molecule has 3 N–H and O–H groups in total. The lowest BCUT2D eigenvalue weighted by molar-refractivity contribution is -0.127. The molecular weight excluding hydrogens is 188 g/mol. The molecular formula is C12H24N2O. The summed E-state index contributed by atoms with van der Waals surface area (Å²) in [5.41, 5.74) is 5.50. The largest absolute Gasteiger partial charge is 0.352 e. The Labute approximate surface area is 92.8 Å². The van der Waals surface area contributed by atoms with Crippen LogP contribution in [-0.2, 0) is 4.79 Å². The number of nitrogens with two attached hydrogens (primary N) is 1. The van der Waals surface area contributed by atoms with Crippen LogP contribution in [0.25, 0.3) is 0 Å². The van der Waals surface area contributed by atoms with Crippen LogP contribution in [0.15, 0.2) is 0 Å². The molecule has 2 unspecified atom stereocenters. The topological polar surface area (TPSA) is 55.1 Å². The fraction of sp³-hybridized carbons (Fsp3) is 0.917. The summed E-state index contributed by atoms with van der Waals surface area (Å²) in [4.78, 5) is 12.0. The number of amides is 1. The third-order valence-corrected chi connectivity index (χ3v) is 3.80. The molecule has 0 aliphatic heterocycles. The van der Waals surface area contributed by atoms with Gasteiger partial charge in [0.05, 0.1) is 5.54 Å². The Balaban J connectivity index is 2.47. The third kappa shape index (κ3) is 2.94. The Morgan fingerprint density at radius 2 is 1.93 bits per heavy atom. The van der Waals surface area contributed by atoms with Crippen molar-refractivity contribution in [2.45, 2.75) is 64.5 Å². The molecule has 0 aromatic rings. The van der Waals surface area contributed by atoms with Gasteiger partial charge in [-0.1, -0.05) is 33.1 Å². The first-order chi connectivity index (χ1) is 6.99. The molecule has 1 amide bonds. The summed E-state index contributed by atoms with van der Waals surface area (Å²) in [5, 5.41) is 3.05. The Morgan fingerprint density at radius 1 is 1.40 bits per heavy atom. The molecule has 2 atom stereocenters. The van der Waals surface area contributed by atoms with Crippen molar-refractivity contribution in [3.05, 3.63) is 0 Å². The zero-order valence-corrected chi connectivity index (χ0v) is 10.2. The summed E-state index contributed by atoms with van der Waals surface area (Å²) in [6, 6.07) is 0.225. The predicted molar refractivity (Wildman–Crippen MR) is 62.4 cm³/mol. The van der Waals surface area contributed by atoms with Gasteiger partial charge in [-0.15, -0.1) is 0 Å². The Kier molecular flexibility index (Phi) is 4.14. The summed E-state index contributed by atoms with van der Waals surface area (Å²) in [6.07, 6.45) is 4.93. The van der Waals surface area contributed by atoms with Crippen LogP contribution in [0.3, 0.4) is 0 Å². The quantitative estimate of drug-likeness (QED) is 0.746. The van der Waals surface area contributed by atoms with Crippen molar-refractivity contribution in [2.75, 3.05) is 0 Å². The second-order valence-corrected chi connectivity index (χ2v) is 5.01. The smallest absolute Gasteiger partial charge is 0.240 e. The van der Waals surface area contributed by atoms with Crippen molar-refractivity contribution >= 4 is 5.91 Å². The van der Waals surface area contributed by atoms with E-state index in [1.54, 1.807) is 0 Å². The van der Waals surface area contributed by atoms with Gasteiger partial charge in [0.25, 0.3) is 0 Å². The van der Waals surface area contributed by atoms with Crippen LogP contribution in [0.4, 0.5) is 0 Å². The normalized spacial score (nSPS) is 23.5. The zero-order chi connectivity index (χ0) is 11.5. The van der Waals surface area contributed by atoms with Crippen LogP contribution < -0.4 is 11.1 Å². The van der Waals surface area contributed by atoms with E-state index in [2.05, 4.69) is 26.1 Å². The highest BCUT2D eigenvalue weighted by atomic mass is 16.2.